The highest BCUT2D eigenvalue weighted by Crippen LogP contribution is 2.32. The first kappa shape index (κ1) is 16.3. The third-order valence-electron chi connectivity index (χ3n) is 3.50. The number of ether oxygens (including phenoxy) is 2. The quantitative estimate of drug-likeness (QED) is 0.892. The lowest BCUT2D eigenvalue weighted by atomic mass is 10.2. The topological polar surface area (TPSA) is 76.7 Å². The molecular formula is C17H18N2O4S. The summed E-state index contributed by atoms with van der Waals surface area (Å²) in [6.45, 7) is 2.84. The van der Waals surface area contributed by atoms with Crippen molar-refractivity contribution in [2.75, 3.05) is 18.5 Å². The van der Waals surface area contributed by atoms with Crippen LogP contribution in [0, 0.1) is 0 Å². The normalized spacial score (nSPS) is 14.4. The molecule has 0 saturated carbocycles. The molecule has 24 heavy (non-hydrogen) atoms. The van der Waals surface area contributed by atoms with Crippen molar-refractivity contribution in [3.8, 4) is 11.5 Å². The average Bonchev–Trinajstić information content (AvgIpc) is 3.01. The van der Waals surface area contributed by atoms with Crippen molar-refractivity contribution < 1.29 is 19.1 Å². The number of carbonyl (C=O) groups excluding carboxylic acids is 2. The SMILES string of the molecule is CC(NC(=O)c1cccs1)C(=O)Nc1ccc2c(c1)OCCCO2. The van der Waals surface area contributed by atoms with Crippen LogP contribution in [-0.2, 0) is 4.79 Å². The largest absolute Gasteiger partial charge is 0.490 e. The lowest BCUT2D eigenvalue weighted by molar-refractivity contribution is -0.117. The van der Waals surface area contributed by atoms with Crippen molar-refractivity contribution in [1.82, 2.24) is 5.32 Å². The molecule has 0 radical (unpaired) electrons. The summed E-state index contributed by atoms with van der Waals surface area (Å²) in [5.74, 6) is 0.728. The van der Waals surface area contributed by atoms with E-state index >= 15 is 0 Å². The van der Waals surface area contributed by atoms with Crippen LogP contribution in [0.4, 0.5) is 5.69 Å². The van der Waals surface area contributed by atoms with Crippen molar-refractivity contribution in [3.63, 3.8) is 0 Å². The highest BCUT2D eigenvalue weighted by atomic mass is 32.1. The summed E-state index contributed by atoms with van der Waals surface area (Å²) in [5.41, 5.74) is 0.599. The van der Waals surface area contributed by atoms with Crippen LogP contribution in [-0.4, -0.2) is 31.1 Å². The Hall–Kier alpha value is -2.54. The van der Waals surface area contributed by atoms with E-state index in [1.807, 2.05) is 5.38 Å². The summed E-state index contributed by atoms with van der Waals surface area (Å²) >= 11 is 1.33. The van der Waals surface area contributed by atoms with Crippen LogP contribution in [0.15, 0.2) is 35.7 Å². The number of rotatable bonds is 4. The molecule has 2 aromatic rings. The van der Waals surface area contributed by atoms with Gasteiger partial charge in [-0.1, -0.05) is 6.07 Å². The molecule has 7 heteroatoms. The highest BCUT2D eigenvalue weighted by molar-refractivity contribution is 7.12. The fourth-order valence-corrected chi connectivity index (χ4v) is 2.86. The van der Waals surface area contributed by atoms with E-state index < -0.39 is 6.04 Å². The summed E-state index contributed by atoms with van der Waals surface area (Å²) < 4.78 is 11.2. The third kappa shape index (κ3) is 3.86. The minimum atomic E-state index is -0.657. The average molecular weight is 346 g/mol. The zero-order chi connectivity index (χ0) is 16.9. The molecule has 1 atom stereocenters. The number of fused-ring (bicyclic) bond motifs is 1. The second-order valence-corrected chi connectivity index (χ2v) is 6.32. The Morgan fingerprint density at radius 2 is 1.96 bits per heavy atom. The van der Waals surface area contributed by atoms with E-state index in [0.717, 1.165) is 6.42 Å². The number of benzene rings is 1. The summed E-state index contributed by atoms with van der Waals surface area (Å²) in [5, 5.41) is 7.27. The van der Waals surface area contributed by atoms with Gasteiger partial charge in [-0.2, -0.15) is 0 Å². The van der Waals surface area contributed by atoms with Crippen molar-refractivity contribution >= 4 is 28.8 Å². The fraction of sp³-hybridized carbons (Fsp3) is 0.294. The Kier molecular flexibility index (Phi) is 5.00. The molecule has 0 saturated heterocycles. The molecule has 1 aliphatic rings. The van der Waals surface area contributed by atoms with Gasteiger partial charge in [-0.25, -0.2) is 0 Å². The molecule has 3 rings (SSSR count). The lowest BCUT2D eigenvalue weighted by Crippen LogP contribution is -2.41. The smallest absolute Gasteiger partial charge is 0.261 e. The van der Waals surface area contributed by atoms with Gasteiger partial charge in [0, 0.05) is 18.2 Å². The molecule has 2 N–H and O–H groups in total. The molecule has 126 valence electrons. The summed E-state index contributed by atoms with van der Waals surface area (Å²) in [6.07, 6.45) is 0.822. The van der Waals surface area contributed by atoms with Crippen molar-refractivity contribution in [3.05, 3.63) is 40.6 Å². The first-order valence-corrected chi connectivity index (χ1v) is 8.56. The highest BCUT2D eigenvalue weighted by Gasteiger charge is 2.18. The number of hydrogen-bond acceptors (Lipinski definition) is 5. The van der Waals surface area contributed by atoms with E-state index in [4.69, 9.17) is 9.47 Å². The van der Waals surface area contributed by atoms with Gasteiger partial charge < -0.3 is 20.1 Å². The predicted molar refractivity (Wildman–Crippen MR) is 91.9 cm³/mol. The van der Waals surface area contributed by atoms with E-state index in [2.05, 4.69) is 10.6 Å². The first-order chi connectivity index (χ1) is 11.6. The Labute approximate surface area is 143 Å². The standard InChI is InChI=1S/C17H18N2O4S/c1-11(18-17(21)15-4-2-9-24-15)16(20)19-12-5-6-13-14(10-12)23-8-3-7-22-13/h2,4-6,9-11H,3,7-8H2,1H3,(H,18,21)(H,19,20). The maximum atomic E-state index is 12.3. The lowest BCUT2D eigenvalue weighted by Gasteiger charge is -2.15. The maximum Gasteiger partial charge on any atom is 0.261 e. The van der Waals surface area contributed by atoms with Gasteiger partial charge in [0.1, 0.15) is 6.04 Å². The second kappa shape index (κ2) is 7.35. The van der Waals surface area contributed by atoms with Gasteiger partial charge >= 0.3 is 0 Å². The number of hydrogen-bond donors (Lipinski definition) is 2. The van der Waals surface area contributed by atoms with Crippen LogP contribution in [0.5, 0.6) is 11.5 Å². The molecule has 0 aliphatic carbocycles. The van der Waals surface area contributed by atoms with Crippen LogP contribution < -0.4 is 20.1 Å². The predicted octanol–water partition coefficient (Wildman–Crippen LogP) is 2.67. The summed E-state index contributed by atoms with van der Waals surface area (Å²) in [7, 11) is 0. The van der Waals surface area contributed by atoms with Crippen molar-refractivity contribution in [2.45, 2.75) is 19.4 Å². The maximum absolute atomic E-state index is 12.3. The van der Waals surface area contributed by atoms with Gasteiger partial charge in [0.2, 0.25) is 5.91 Å². The van der Waals surface area contributed by atoms with Crippen LogP contribution >= 0.6 is 11.3 Å². The summed E-state index contributed by atoms with van der Waals surface area (Å²) in [6, 6.07) is 8.10. The summed E-state index contributed by atoms with van der Waals surface area (Å²) in [4.78, 5) is 24.8. The van der Waals surface area contributed by atoms with Gasteiger partial charge in [-0.15, -0.1) is 11.3 Å². The minimum Gasteiger partial charge on any atom is -0.490 e. The Morgan fingerprint density at radius 1 is 1.17 bits per heavy atom. The molecule has 6 nitrogen and oxygen atoms in total. The van der Waals surface area contributed by atoms with Crippen molar-refractivity contribution in [2.24, 2.45) is 0 Å². The molecule has 1 unspecified atom stereocenters. The van der Waals surface area contributed by atoms with Crippen molar-refractivity contribution in [1.29, 1.82) is 0 Å². The number of carbonyl (C=O) groups is 2. The van der Waals surface area contributed by atoms with Crippen LogP contribution in [0.3, 0.4) is 0 Å². The van der Waals surface area contributed by atoms with Gasteiger partial charge in [0.15, 0.2) is 11.5 Å². The zero-order valence-electron chi connectivity index (χ0n) is 13.2. The number of amides is 2. The molecule has 0 spiro atoms. The second-order valence-electron chi connectivity index (χ2n) is 5.37. The van der Waals surface area contributed by atoms with E-state index in [1.165, 1.54) is 11.3 Å². The fourth-order valence-electron chi connectivity index (χ4n) is 2.23. The third-order valence-corrected chi connectivity index (χ3v) is 4.37. The van der Waals surface area contributed by atoms with E-state index in [9.17, 15) is 9.59 Å². The van der Waals surface area contributed by atoms with Gasteiger partial charge in [-0.3, -0.25) is 9.59 Å². The number of anilines is 1. The van der Waals surface area contributed by atoms with Gasteiger partial charge in [-0.05, 0) is 30.5 Å². The number of thiophene rings is 1. The monoisotopic (exact) mass is 346 g/mol. The molecule has 0 fully saturated rings. The molecule has 2 amide bonds. The van der Waals surface area contributed by atoms with E-state index in [1.54, 1.807) is 37.3 Å². The molecule has 1 aromatic heterocycles. The van der Waals surface area contributed by atoms with E-state index in [-0.39, 0.29) is 11.8 Å². The van der Waals surface area contributed by atoms with E-state index in [0.29, 0.717) is 35.3 Å². The first-order valence-electron chi connectivity index (χ1n) is 7.68. The number of nitrogens with one attached hydrogen (secondary N) is 2. The van der Waals surface area contributed by atoms with Crippen LogP contribution in [0.1, 0.15) is 23.0 Å². The molecular weight excluding hydrogens is 328 g/mol. The molecule has 1 aliphatic heterocycles. The van der Waals surface area contributed by atoms with Gasteiger partial charge in [0.25, 0.3) is 5.91 Å². The Bertz CT molecular complexity index is 730. The molecule has 2 heterocycles. The molecule has 0 bridgehead atoms. The van der Waals surface area contributed by atoms with Crippen LogP contribution in [0.25, 0.3) is 0 Å². The minimum absolute atomic E-state index is 0.258. The molecule has 1 aromatic carbocycles. The Morgan fingerprint density at radius 3 is 2.71 bits per heavy atom. The van der Waals surface area contributed by atoms with Crippen LogP contribution in [0.2, 0.25) is 0 Å². The Balaban J connectivity index is 1.61. The van der Waals surface area contributed by atoms with Gasteiger partial charge in [0.05, 0.1) is 18.1 Å². The zero-order valence-corrected chi connectivity index (χ0v) is 14.0.